The van der Waals surface area contributed by atoms with Gasteiger partial charge < -0.3 is 9.64 Å². The maximum atomic E-state index is 12.6. The molecule has 122 valence electrons. The van der Waals surface area contributed by atoms with Crippen LogP contribution in [0.4, 0.5) is 0 Å². The highest BCUT2D eigenvalue weighted by molar-refractivity contribution is 5.76. The first-order chi connectivity index (χ1) is 11.2. The first-order valence-electron chi connectivity index (χ1n) is 8.02. The molecule has 1 aromatic heterocycles. The summed E-state index contributed by atoms with van der Waals surface area (Å²) >= 11 is 0. The lowest BCUT2D eigenvalue weighted by Crippen LogP contribution is -2.42. The van der Waals surface area contributed by atoms with Gasteiger partial charge in [0.25, 0.3) is 0 Å². The van der Waals surface area contributed by atoms with Crippen molar-refractivity contribution in [3.8, 4) is 0 Å². The summed E-state index contributed by atoms with van der Waals surface area (Å²) in [4.78, 5) is 14.5. The zero-order valence-electron chi connectivity index (χ0n) is 13.7. The highest BCUT2D eigenvalue weighted by Gasteiger charge is 2.28. The van der Waals surface area contributed by atoms with Crippen LogP contribution in [0.25, 0.3) is 0 Å². The molecule has 1 aliphatic rings. The Balaban J connectivity index is 1.65. The molecule has 0 N–H and O–H groups in total. The largest absolute Gasteiger partial charge is 0.382 e. The minimum Gasteiger partial charge on any atom is -0.382 e. The molecule has 1 amide bonds. The normalized spacial score (nSPS) is 17.1. The van der Waals surface area contributed by atoms with E-state index in [-0.39, 0.29) is 11.9 Å². The van der Waals surface area contributed by atoms with E-state index < -0.39 is 0 Å². The van der Waals surface area contributed by atoms with Crippen molar-refractivity contribution in [2.24, 2.45) is 0 Å². The van der Waals surface area contributed by atoms with E-state index in [1.54, 1.807) is 13.3 Å². The lowest BCUT2D eigenvalue weighted by Gasteiger charge is -2.33. The average molecular weight is 313 g/mol. The van der Waals surface area contributed by atoms with Gasteiger partial charge in [-0.05, 0) is 30.5 Å². The molecule has 0 radical (unpaired) electrons. The number of ether oxygens (including phenoxy) is 1. The molecule has 0 bridgehead atoms. The number of carbonyl (C=O) groups is 1. The minimum atomic E-state index is 0.0983. The summed E-state index contributed by atoms with van der Waals surface area (Å²) in [5.41, 5.74) is 3.56. The van der Waals surface area contributed by atoms with Crippen molar-refractivity contribution in [2.45, 2.75) is 32.4 Å². The van der Waals surface area contributed by atoms with Crippen molar-refractivity contribution in [3.63, 3.8) is 0 Å². The van der Waals surface area contributed by atoms with E-state index in [4.69, 9.17) is 4.74 Å². The summed E-state index contributed by atoms with van der Waals surface area (Å²) in [6.45, 7) is 3.95. The number of aryl methyl sites for hydroxylation is 2. The van der Waals surface area contributed by atoms with Crippen LogP contribution >= 0.6 is 0 Å². The van der Waals surface area contributed by atoms with Gasteiger partial charge in [0.05, 0.1) is 24.9 Å². The second kappa shape index (κ2) is 6.96. The van der Waals surface area contributed by atoms with Crippen LogP contribution in [0.5, 0.6) is 0 Å². The van der Waals surface area contributed by atoms with Gasteiger partial charge in [-0.25, -0.2) is 0 Å². The molecule has 2 heterocycles. The lowest BCUT2D eigenvalue weighted by molar-refractivity contribution is -0.133. The fourth-order valence-electron chi connectivity index (χ4n) is 3.18. The zero-order chi connectivity index (χ0) is 16.2. The number of hydrogen-bond acceptors (Lipinski definition) is 3. The van der Waals surface area contributed by atoms with Crippen molar-refractivity contribution in [3.05, 3.63) is 53.3 Å². The molecule has 1 aliphatic heterocycles. The summed E-state index contributed by atoms with van der Waals surface area (Å²) in [5.74, 6) is 0.196. The van der Waals surface area contributed by atoms with E-state index in [1.807, 2.05) is 27.8 Å². The maximum absolute atomic E-state index is 12.6. The summed E-state index contributed by atoms with van der Waals surface area (Å²) in [5, 5.41) is 4.35. The third kappa shape index (κ3) is 3.45. The van der Waals surface area contributed by atoms with E-state index in [1.165, 1.54) is 11.1 Å². The van der Waals surface area contributed by atoms with Crippen LogP contribution in [0.15, 0.2) is 36.5 Å². The number of nitrogens with zero attached hydrogens (tertiary/aromatic N) is 3. The van der Waals surface area contributed by atoms with Gasteiger partial charge in [0.15, 0.2) is 0 Å². The predicted octanol–water partition coefficient (Wildman–Crippen LogP) is 2.35. The highest BCUT2D eigenvalue weighted by atomic mass is 16.5. The number of amides is 1. The van der Waals surface area contributed by atoms with Crippen molar-refractivity contribution in [1.29, 1.82) is 0 Å². The summed E-state index contributed by atoms with van der Waals surface area (Å²) in [7, 11) is 1.68. The van der Waals surface area contributed by atoms with Gasteiger partial charge in [0, 0.05) is 26.3 Å². The van der Waals surface area contributed by atoms with Gasteiger partial charge in [-0.1, -0.05) is 24.3 Å². The molecule has 0 saturated carbocycles. The number of methoxy groups -OCH3 is 1. The van der Waals surface area contributed by atoms with Crippen molar-refractivity contribution in [1.82, 2.24) is 14.7 Å². The Bertz CT molecular complexity index is 680. The first kappa shape index (κ1) is 15.7. The quantitative estimate of drug-likeness (QED) is 0.851. The van der Waals surface area contributed by atoms with Crippen LogP contribution in [0.3, 0.4) is 0 Å². The van der Waals surface area contributed by atoms with Gasteiger partial charge in [0.1, 0.15) is 0 Å². The van der Waals surface area contributed by atoms with Crippen molar-refractivity contribution in [2.75, 3.05) is 20.3 Å². The average Bonchev–Trinajstić information content (AvgIpc) is 3.03. The second-order valence-corrected chi connectivity index (χ2v) is 6.08. The lowest BCUT2D eigenvalue weighted by atomic mass is 10.0. The fourth-order valence-corrected chi connectivity index (χ4v) is 3.18. The Labute approximate surface area is 136 Å². The van der Waals surface area contributed by atoms with Crippen LogP contribution in [-0.2, 0) is 22.5 Å². The molecule has 0 aliphatic carbocycles. The molecule has 2 aromatic rings. The van der Waals surface area contributed by atoms with Crippen LogP contribution < -0.4 is 0 Å². The van der Waals surface area contributed by atoms with Gasteiger partial charge in [-0.3, -0.25) is 9.48 Å². The van der Waals surface area contributed by atoms with E-state index in [9.17, 15) is 4.79 Å². The SMILES string of the molecule is COCC1CN(C(=O)CCc2ccccc2C)Cc2ccnn21. The molecule has 5 heteroatoms. The summed E-state index contributed by atoms with van der Waals surface area (Å²) in [6, 6.07) is 10.3. The number of fused-ring (bicyclic) bond motifs is 1. The topological polar surface area (TPSA) is 47.4 Å². The van der Waals surface area contributed by atoms with Gasteiger partial charge in [-0.15, -0.1) is 0 Å². The van der Waals surface area contributed by atoms with E-state index in [0.29, 0.717) is 26.1 Å². The molecular formula is C18H23N3O2. The number of benzene rings is 1. The molecule has 0 fully saturated rings. The molecule has 0 spiro atoms. The van der Waals surface area contributed by atoms with Crippen LogP contribution in [0.1, 0.15) is 29.3 Å². The fraction of sp³-hybridized carbons (Fsp3) is 0.444. The third-order valence-corrected chi connectivity index (χ3v) is 4.46. The van der Waals surface area contributed by atoms with E-state index >= 15 is 0 Å². The van der Waals surface area contributed by atoms with Gasteiger partial charge in [0.2, 0.25) is 5.91 Å². The summed E-state index contributed by atoms with van der Waals surface area (Å²) < 4.78 is 7.26. The first-order valence-corrected chi connectivity index (χ1v) is 8.02. The molecular weight excluding hydrogens is 290 g/mol. The number of rotatable bonds is 5. The number of hydrogen-bond donors (Lipinski definition) is 0. The standard InChI is InChI=1S/C18H23N3O2/c1-14-5-3-4-6-15(14)7-8-18(22)20-11-16-9-10-19-21(16)17(12-20)13-23-2/h3-6,9-10,17H,7-8,11-13H2,1-2H3. The van der Waals surface area contributed by atoms with Gasteiger partial charge >= 0.3 is 0 Å². The van der Waals surface area contributed by atoms with Gasteiger partial charge in [-0.2, -0.15) is 5.10 Å². The smallest absolute Gasteiger partial charge is 0.223 e. The highest BCUT2D eigenvalue weighted by Crippen LogP contribution is 2.21. The molecule has 0 saturated heterocycles. The Kier molecular flexibility index (Phi) is 4.76. The Morgan fingerprint density at radius 2 is 2.17 bits per heavy atom. The number of carbonyl (C=O) groups excluding carboxylic acids is 1. The van der Waals surface area contributed by atoms with Crippen LogP contribution in [0.2, 0.25) is 0 Å². The van der Waals surface area contributed by atoms with E-state index in [2.05, 4.69) is 24.2 Å². The Morgan fingerprint density at radius 1 is 1.35 bits per heavy atom. The van der Waals surface area contributed by atoms with Crippen molar-refractivity contribution < 1.29 is 9.53 Å². The molecule has 1 atom stereocenters. The Hall–Kier alpha value is -2.14. The summed E-state index contributed by atoms with van der Waals surface area (Å²) in [6.07, 6.45) is 3.12. The molecule has 3 rings (SSSR count). The zero-order valence-corrected chi connectivity index (χ0v) is 13.7. The second-order valence-electron chi connectivity index (χ2n) is 6.08. The van der Waals surface area contributed by atoms with Crippen LogP contribution in [-0.4, -0.2) is 40.8 Å². The van der Waals surface area contributed by atoms with Crippen molar-refractivity contribution >= 4 is 5.91 Å². The predicted molar refractivity (Wildman–Crippen MR) is 88.1 cm³/mol. The molecule has 5 nitrogen and oxygen atoms in total. The number of aromatic nitrogens is 2. The van der Waals surface area contributed by atoms with Crippen LogP contribution in [0, 0.1) is 6.92 Å². The maximum Gasteiger partial charge on any atom is 0.223 e. The molecule has 1 aromatic carbocycles. The van der Waals surface area contributed by atoms with E-state index in [0.717, 1.165) is 12.1 Å². The third-order valence-electron chi connectivity index (χ3n) is 4.46. The minimum absolute atomic E-state index is 0.0983. The monoisotopic (exact) mass is 313 g/mol. The molecule has 1 unspecified atom stereocenters. The molecule has 23 heavy (non-hydrogen) atoms. The Morgan fingerprint density at radius 3 is 2.96 bits per heavy atom.